The molecular weight excluding hydrogens is 501 g/mol. The number of rotatable bonds is 10. The molecule has 1 aliphatic rings. The number of piperazine rings is 1. The molecule has 0 saturated carbocycles. The zero-order chi connectivity index (χ0) is 21.8. The number of likely N-dealkylation sites (N-methyl/N-ethyl adjacent to an activating group) is 1. The minimum absolute atomic E-state index is 0. The third-order valence-electron chi connectivity index (χ3n) is 5.25. The first kappa shape index (κ1) is 28.0. The van der Waals surface area contributed by atoms with Crippen LogP contribution in [0, 0.1) is 0 Å². The summed E-state index contributed by atoms with van der Waals surface area (Å²) in [7, 11) is 0. The Morgan fingerprint density at radius 2 is 1.68 bits per heavy atom. The van der Waals surface area contributed by atoms with Gasteiger partial charge in [-0.25, -0.2) is 4.99 Å². The van der Waals surface area contributed by atoms with Crippen LogP contribution in [0.3, 0.4) is 0 Å². The molecule has 31 heavy (non-hydrogen) atoms. The van der Waals surface area contributed by atoms with Gasteiger partial charge >= 0.3 is 0 Å². The van der Waals surface area contributed by atoms with Crippen molar-refractivity contribution in [3.63, 3.8) is 0 Å². The van der Waals surface area contributed by atoms with Gasteiger partial charge < -0.3 is 25.2 Å². The Morgan fingerprint density at radius 3 is 2.32 bits per heavy atom. The van der Waals surface area contributed by atoms with Gasteiger partial charge in [-0.2, -0.15) is 0 Å². The molecule has 0 aliphatic carbocycles. The van der Waals surface area contributed by atoms with E-state index in [1.54, 1.807) is 0 Å². The van der Waals surface area contributed by atoms with E-state index < -0.39 is 0 Å². The van der Waals surface area contributed by atoms with Crippen LogP contribution in [0.15, 0.2) is 29.3 Å². The van der Waals surface area contributed by atoms with E-state index in [-0.39, 0.29) is 29.6 Å². The molecule has 6 nitrogen and oxygen atoms in total. The molecule has 1 aromatic rings. The van der Waals surface area contributed by atoms with E-state index in [2.05, 4.69) is 61.1 Å². The Balaban J connectivity index is 0.00000480. The van der Waals surface area contributed by atoms with Crippen LogP contribution in [0.4, 0.5) is 0 Å². The molecule has 2 N–H and O–H groups in total. The van der Waals surface area contributed by atoms with Crippen LogP contribution in [0.2, 0.25) is 0 Å². The Kier molecular flexibility index (Phi) is 13.4. The summed E-state index contributed by atoms with van der Waals surface area (Å²) in [6.45, 7) is 20.2. The summed E-state index contributed by atoms with van der Waals surface area (Å²) in [6, 6.07) is 8.17. The lowest BCUT2D eigenvalue weighted by atomic mass is 10.1. The fourth-order valence-corrected chi connectivity index (χ4v) is 3.57. The summed E-state index contributed by atoms with van der Waals surface area (Å²) in [5.41, 5.74) is 0.891. The first-order chi connectivity index (χ1) is 14.4. The van der Waals surface area contributed by atoms with E-state index in [1.807, 2.05) is 18.2 Å². The summed E-state index contributed by atoms with van der Waals surface area (Å²) in [5.74, 6) is 1.78. The highest BCUT2D eigenvalue weighted by Gasteiger charge is 2.15. The molecule has 1 aromatic carbocycles. The van der Waals surface area contributed by atoms with Gasteiger partial charge in [0.1, 0.15) is 11.4 Å². The minimum Gasteiger partial charge on any atom is -0.488 e. The highest BCUT2D eigenvalue weighted by Crippen LogP contribution is 2.23. The van der Waals surface area contributed by atoms with Crippen molar-refractivity contribution >= 4 is 29.9 Å². The lowest BCUT2D eigenvalue weighted by Gasteiger charge is -2.34. The highest BCUT2D eigenvalue weighted by atomic mass is 127. The largest absolute Gasteiger partial charge is 0.488 e. The fraction of sp³-hybridized carbons (Fsp3) is 0.708. The van der Waals surface area contributed by atoms with Crippen molar-refractivity contribution in [1.82, 2.24) is 20.4 Å². The quantitative estimate of drug-likeness (QED) is 0.202. The molecular formula is C24H44IN5O. The van der Waals surface area contributed by atoms with Crippen LogP contribution in [0.25, 0.3) is 0 Å². The van der Waals surface area contributed by atoms with Crippen LogP contribution < -0.4 is 15.4 Å². The molecule has 0 aromatic heterocycles. The van der Waals surface area contributed by atoms with Gasteiger partial charge in [-0.15, -0.1) is 24.0 Å². The zero-order valence-corrected chi connectivity index (χ0v) is 22.6. The normalized spacial score (nSPS) is 16.0. The van der Waals surface area contributed by atoms with Gasteiger partial charge in [0, 0.05) is 44.8 Å². The van der Waals surface area contributed by atoms with E-state index in [9.17, 15) is 0 Å². The second-order valence-electron chi connectivity index (χ2n) is 8.93. The maximum absolute atomic E-state index is 6.09. The summed E-state index contributed by atoms with van der Waals surface area (Å²) < 4.78 is 6.09. The number of para-hydroxylation sites is 1. The van der Waals surface area contributed by atoms with Crippen molar-refractivity contribution in [1.29, 1.82) is 0 Å². The van der Waals surface area contributed by atoms with E-state index in [0.29, 0.717) is 6.54 Å². The molecule has 1 heterocycles. The highest BCUT2D eigenvalue weighted by molar-refractivity contribution is 14.0. The van der Waals surface area contributed by atoms with Gasteiger partial charge in [-0.05, 0) is 59.7 Å². The first-order valence-corrected chi connectivity index (χ1v) is 11.6. The van der Waals surface area contributed by atoms with E-state index in [1.165, 1.54) is 45.7 Å². The number of unbranched alkanes of at least 4 members (excludes halogenated alkanes) is 1. The summed E-state index contributed by atoms with van der Waals surface area (Å²) in [5, 5.41) is 6.84. The number of guanidine groups is 1. The SMILES string of the molecule is CCNC(=NCc1ccccc1OC(C)(C)C)NCCCCN1CCN(CC)CC1.I. The minimum atomic E-state index is -0.217. The van der Waals surface area contributed by atoms with Gasteiger partial charge in [-0.1, -0.05) is 25.1 Å². The van der Waals surface area contributed by atoms with Crippen LogP contribution in [-0.4, -0.2) is 73.7 Å². The van der Waals surface area contributed by atoms with Crippen molar-refractivity contribution in [2.75, 3.05) is 52.4 Å². The lowest BCUT2D eigenvalue weighted by molar-refractivity contribution is 0.129. The number of aliphatic imine (C=N–C) groups is 1. The topological polar surface area (TPSA) is 52.1 Å². The first-order valence-electron chi connectivity index (χ1n) is 11.6. The average molecular weight is 546 g/mol. The Morgan fingerprint density at radius 1 is 1.00 bits per heavy atom. The molecule has 0 amide bonds. The summed E-state index contributed by atoms with van der Waals surface area (Å²) in [4.78, 5) is 9.90. The van der Waals surface area contributed by atoms with Gasteiger partial charge in [0.25, 0.3) is 0 Å². The second kappa shape index (κ2) is 14.9. The van der Waals surface area contributed by atoms with Crippen molar-refractivity contribution < 1.29 is 4.74 Å². The van der Waals surface area contributed by atoms with Crippen LogP contribution in [0.5, 0.6) is 5.75 Å². The smallest absolute Gasteiger partial charge is 0.191 e. The van der Waals surface area contributed by atoms with E-state index >= 15 is 0 Å². The molecule has 178 valence electrons. The number of halogens is 1. The number of hydrogen-bond donors (Lipinski definition) is 2. The standard InChI is InChI=1S/C24H43N5O.HI/c1-6-25-23(26-14-10-11-15-29-18-16-28(7-2)17-19-29)27-20-21-12-8-9-13-22(21)30-24(3,4)5;/h8-9,12-13H,6-7,10-11,14-20H2,1-5H3,(H2,25,26,27);1H. The lowest BCUT2D eigenvalue weighted by Crippen LogP contribution is -2.46. The second-order valence-corrected chi connectivity index (χ2v) is 8.93. The van der Waals surface area contributed by atoms with Crippen LogP contribution in [-0.2, 0) is 6.54 Å². The van der Waals surface area contributed by atoms with Gasteiger partial charge in [0.15, 0.2) is 5.96 Å². The predicted octanol–water partition coefficient (Wildman–Crippen LogP) is 3.95. The average Bonchev–Trinajstić information content (AvgIpc) is 2.72. The molecule has 0 radical (unpaired) electrons. The van der Waals surface area contributed by atoms with Crippen molar-refractivity contribution in [3.8, 4) is 5.75 Å². The molecule has 1 saturated heterocycles. The number of nitrogens with one attached hydrogen (secondary N) is 2. The molecule has 1 fully saturated rings. The molecule has 1 aliphatic heterocycles. The van der Waals surface area contributed by atoms with E-state index in [0.717, 1.165) is 36.8 Å². The predicted molar refractivity (Wildman–Crippen MR) is 143 cm³/mol. The Bertz CT molecular complexity index is 639. The molecule has 2 rings (SSSR count). The number of ether oxygens (including phenoxy) is 1. The third kappa shape index (κ3) is 11.4. The monoisotopic (exact) mass is 545 g/mol. The van der Waals surface area contributed by atoms with Crippen LogP contribution in [0.1, 0.15) is 53.0 Å². The van der Waals surface area contributed by atoms with Gasteiger partial charge in [0.05, 0.1) is 6.54 Å². The maximum Gasteiger partial charge on any atom is 0.191 e. The third-order valence-corrected chi connectivity index (χ3v) is 5.25. The Hall–Kier alpha value is -1.06. The summed E-state index contributed by atoms with van der Waals surface area (Å²) in [6.07, 6.45) is 2.38. The zero-order valence-electron chi connectivity index (χ0n) is 20.2. The molecule has 0 bridgehead atoms. The number of nitrogens with zero attached hydrogens (tertiary/aromatic N) is 3. The van der Waals surface area contributed by atoms with Crippen molar-refractivity contribution in [3.05, 3.63) is 29.8 Å². The maximum atomic E-state index is 6.09. The summed E-state index contributed by atoms with van der Waals surface area (Å²) >= 11 is 0. The van der Waals surface area contributed by atoms with Gasteiger partial charge in [-0.3, -0.25) is 0 Å². The fourth-order valence-electron chi connectivity index (χ4n) is 3.57. The Labute approximate surface area is 207 Å². The molecule has 7 heteroatoms. The van der Waals surface area contributed by atoms with Gasteiger partial charge in [0.2, 0.25) is 0 Å². The van der Waals surface area contributed by atoms with Crippen LogP contribution >= 0.6 is 24.0 Å². The number of hydrogen-bond acceptors (Lipinski definition) is 4. The van der Waals surface area contributed by atoms with Crippen molar-refractivity contribution in [2.45, 2.75) is 59.6 Å². The molecule has 0 atom stereocenters. The number of benzene rings is 1. The van der Waals surface area contributed by atoms with E-state index in [4.69, 9.17) is 9.73 Å². The molecule has 0 spiro atoms. The van der Waals surface area contributed by atoms with Crippen molar-refractivity contribution in [2.24, 2.45) is 4.99 Å². The molecule has 0 unspecified atom stereocenters.